The number of hydrogen-bond acceptors (Lipinski definition) is 5. The fourth-order valence-corrected chi connectivity index (χ4v) is 3.07. The van der Waals surface area contributed by atoms with E-state index in [0.29, 0.717) is 12.5 Å². The van der Waals surface area contributed by atoms with Crippen molar-refractivity contribution >= 4 is 5.82 Å². The first-order valence-electron chi connectivity index (χ1n) is 8.20. The van der Waals surface area contributed by atoms with Crippen LogP contribution in [0.15, 0.2) is 42.7 Å². The van der Waals surface area contributed by atoms with Gasteiger partial charge in [-0.3, -0.25) is 4.98 Å². The van der Waals surface area contributed by atoms with Crippen LogP contribution in [0.4, 0.5) is 5.82 Å². The molecule has 5 nitrogen and oxygen atoms in total. The highest BCUT2D eigenvalue weighted by Gasteiger charge is 2.26. The maximum Gasteiger partial charge on any atom is 0.234 e. The highest BCUT2D eigenvalue weighted by molar-refractivity contribution is 5.38. The molecule has 1 saturated heterocycles. The van der Waals surface area contributed by atoms with E-state index in [1.165, 1.54) is 0 Å². The van der Waals surface area contributed by atoms with Gasteiger partial charge in [-0.25, -0.2) is 0 Å². The van der Waals surface area contributed by atoms with Gasteiger partial charge in [-0.1, -0.05) is 30.3 Å². The van der Waals surface area contributed by atoms with Crippen molar-refractivity contribution in [2.75, 3.05) is 24.6 Å². The Morgan fingerprint density at radius 3 is 2.65 bits per heavy atom. The molecule has 23 heavy (non-hydrogen) atoms. The molecule has 1 fully saturated rings. The van der Waals surface area contributed by atoms with Crippen LogP contribution in [0.2, 0.25) is 0 Å². The lowest BCUT2D eigenvalue weighted by molar-refractivity contribution is 0.0928. The van der Waals surface area contributed by atoms with Crippen molar-refractivity contribution in [3.05, 3.63) is 48.3 Å². The number of aromatic nitrogens is 2. The summed E-state index contributed by atoms with van der Waals surface area (Å²) in [5, 5.41) is 10.5. The van der Waals surface area contributed by atoms with Gasteiger partial charge in [-0.05, 0) is 31.2 Å². The summed E-state index contributed by atoms with van der Waals surface area (Å²) in [7, 11) is 0. The number of aliphatic hydroxyl groups excluding tert-OH is 1. The maximum atomic E-state index is 10.5. The first-order chi connectivity index (χ1) is 11.3. The number of hydrogen-bond donors (Lipinski definition) is 1. The number of piperidine rings is 1. The Morgan fingerprint density at radius 1 is 1.22 bits per heavy atom. The lowest BCUT2D eigenvalue weighted by atomic mass is 9.87. The maximum absolute atomic E-state index is 10.5. The molecule has 1 aliphatic heterocycles. The molecular formula is C18H23N3O2. The van der Waals surface area contributed by atoms with Crippen LogP contribution in [0.25, 0.3) is 0 Å². The molecule has 122 valence electrons. The van der Waals surface area contributed by atoms with Gasteiger partial charge in [0.2, 0.25) is 5.88 Å². The molecular weight excluding hydrogens is 290 g/mol. The Kier molecular flexibility index (Phi) is 5.08. The van der Waals surface area contributed by atoms with Crippen molar-refractivity contribution in [2.24, 2.45) is 5.92 Å². The largest absolute Gasteiger partial charge is 0.477 e. The van der Waals surface area contributed by atoms with Gasteiger partial charge in [0.1, 0.15) is 0 Å². The summed E-state index contributed by atoms with van der Waals surface area (Å²) in [4.78, 5) is 10.9. The van der Waals surface area contributed by atoms with E-state index in [9.17, 15) is 5.11 Å². The van der Waals surface area contributed by atoms with Gasteiger partial charge in [0.05, 0.1) is 25.1 Å². The van der Waals surface area contributed by atoms with Crippen molar-refractivity contribution in [2.45, 2.75) is 25.9 Å². The molecule has 5 heteroatoms. The summed E-state index contributed by atoms with van der Waals surface area (Å²) in [6.07, 6.45) is 4.90. The summed E-state index contributed by atoms with van der Waals surface area (Å²) in [5.41, 5.74) is 1.00. The SMILES string of the molecule is CCOc1cncc(N2CCC(C(O)c3ccccc3)CC2)n1. The fourth-order valence-electron chi connectivity index (χ4n) is 3.07. The molecule has 0 radical (unpaired) electrons. The Hall–Kier alpha value is -2.14. The minimum absolute atomic E-state index is 0.289. The lowest BCUT2D eigenvalue weighted by Gasteiger charge is -2.34. The van der Waals surface area contributed by atoms with Crippen LogP contribution in [0.5, 0.6) is 5.88 Å². The molecule has 0 spiro atoms. The van der Waals surface area contributed by atoms with Gasteiger partial charge >= 0.3 is 0 Å². The monoisotopic (exact) mass is 313 g/mol. The summed E-state index contributed by atoms with van der Waals surface area (Å²) in [6, 6.07) is 9.91. The second-order valence-corrected chi connectivity index (χ2v) is 5.83. The first-order valence-corrected chi connectivity index (χ1v) is 8.20. The molecule has 1 atom stereocenters. The topological polar surface area (TPSA) is 58.5 Å². The lowest BCUT2D eigenvalue weighted by Crippen LogP contribution is -2.36. The van der Waals surface area contributed by atoms with Gasteiger partial charge in [0.25, 0.3) is 0 Å². The van der Waals surface area contributed by atoms with Crippen molar-refractivity contribution in [3.8, 4) is 5.88 Å². The third-order valence-corrected chi connectivity index (χ3v) is 4.34. The number of aliphatic hydroxyl groups is 1. The molecule has 0 bridgehead atoms. The normalized spacial score (nSPS) is 17.0. The number of ether oxygens (including phenoxy) is 1. The quantitative estimate of drug-likeness (QED) is 0.920. The zero-order chi connectivity index (χ0) is 16.1. The molecule has 1 aromatic carbocycles. The molecule has 2 heterocycles. The molecule has 0 aliphatic carbocycles. The number of benzene rings is 1. The van der Waals surface area contributed by atoms with Gasteiger partial charge in [-0.15, -0.1) is 0 Å². The van der Waals surface area contributed by atoms with Crippen LogP contribution in [0.1, 0.15) is 31.4 Å². The fraction of sp³-hybridized carbons (Fsp3) is 0.444. The second kappa shape index (κ2) is 7.42. The summed E-state index contributed by atoms with van der Waals surface area (Å²) >= 11 is 0. The Labute approximate surface area is 137 Å². The molecule has 1 unspecified atom stereocenters. The highest BCUT2D eigenvalue weighted by atomic mass is 16.5. The van der Waals surface area contributed by atoms with E-state index in [-0.39, 0.29) is 12.0 Å². The third-order valence-electron chi connectivity index (χ3n) is 4.34. The van der Waals surface area contributed by atoms with Crippen LogP contribution in [-0.2, 0) is 0 Å². The van der Waals surface area contributed by atoms with Gasteiger partial charge < -0.3 is 14.7 Å². The minimum Gasteiger partial charge on any atom is -0.477 e. The predicted molar refractivity (Wildman–Crippen MR) is 89.5 cm³/mol. The number of anilines is 1. The van der Waals surface area contributed by atoms with Gasteiger partial charge in [0, 0.05) is 13.1 Å². The van der Waals surface area contributed by atoms with E-state index in [0.717, 1.165) is 37.3 Å². The van der Waals surface area contributed by atoms with Gasteiger partial charge in [0.15, 0.2) is 5.82 Å². The van der Waals surface area contributed by atoms with Crippen LogP contribution >= 0.6 is 0 Å². The van der Waals surface area contributed by atoms with Crippen LogP contribution < -0.4 is 9.64 Å². The zero-order valence-corrected chi connectivity index (χ0v) is 13.4. The molecule has 1 N–H and O–H groups in total. The Balaban J connectivity index is 1.61. The van der Waals surface area contributed by atoms with Crippen molar-refractivity contribution in [1.29, 1.82) is 0 Å². The zero-order valence-electron chi connectivity index (χ0n) is 13.4. The average molecular weight is 313 g/mol. The molecule has 1 aromatic heterocycles. The summed E-state index contributed by atoms with van der Waals surface area (Å²) in [6.45, 7) is 4.27. The predicted octanol–water partition coefficient (Wildman–Crippen LogP) is 2.83. The summed E-state index contributed by atoms with van der Waals surface area (Å²) in [5.74, 6) is 1.71. The van der Waals surface area contributed by atoms with E-state index in [1.54, 1.807) is 12.4 Å². The van der Waals surface area contributed by atoms with Crippen molar-refractivity contribution < 1.29 is 9.84 Å². The van der Waals surface area contributed by atoms with E-state index in [1.807, 2.05) is 37.3 Å². The third kappa shape index (κ3) is 3.79. The average Bonchev–Trinajstić information content (AvgIpc) is 2.62. The van der Waals surface area contributed by atoms with Gasteiger partial charge in [-0.2, -0.15) is 4.98 Å². The van der Waals surface area contributed by atoms with Crippen LogP contribution in [-0.4, -0.2) is 34.8 Å². The second-order valence-electron chi connectivity index (χ2n) is 5.83. The highest BCUT2D eigenvalue weighted by Crippen LogP contribution is 2.32. The molecule has 0 saturated carbocycles. The molecule has 1 aliphatic rings. The Morgan fingerprint density at radius 2 is 1.96 bits per heavy atom. The molecule has 3 rings (SSSR count). The van der Waals surface area contributed by atoms with Crippen molar-refractivity contribution in [3.63, 3.8) is 0 Å². The number of rotatable bonds is 5. The number of nitrogens with zero attached hydrogens (tertiary/aromatic N) is 3. The van der Waals surface area contributed by atoms with Crippen LogP contribution in [0, 0.1) is 5.92 Å². The Bertz CT molecular complexity index is 613. The van der Waals surface area contributed by atoms with Crippen molar-refractivity contribution in [1.82, 2.24) is 9.97 Å². The molecule has 2 aromatic rings. The van der Waals surface area contributed by atoms with Crippen LogP contribution in [0.3, 0.4) is 0 Å². The molecule has 0 amide bonds. The standard InChI is InChI=1S/C18H23N3O2/c1-2-23-17-13-19-12-16(20-17)21-10-8-15(9-11-21)18(22)14-6-4-3-5-7-14/h3-7,12-13,15,18,22H,2,8-11H2,1H3. The van der Waals surface area contributed by atoms with E-state index in [4.69, 9.17) is 4.74 Å². The smallest absolute Gasteiger partial charge is 0.234 e. The minimum atomic E-state index is -0.390. The summed E-state index contributed by atoms with van der Waals surface area (Å²) < 4.78 is 5.41. The first kappa shape index (κ1) is 15.7. The van der Waals surface area contributed by atoms with E-state index >= 15 is 0 Å². The van der Waals surface area contributed by atoms with E-state index < -0.39 is 0 Å². The van der Waals surface area contributed by atoms with E-state index in [2.05, 4.69) is 14.9 Å².